The van der Waals surface area contributed by atoms with Crippen LogP contribution in [-0.4, -0.2) is 15.7 Å². The van der Waals surface area contributed by atoms with Crippen LogP contribution in [0.1, 0.15) is 13.8 Å². The maximum atomic E-state index is 10.1. The van der Waals surface area contributed by atoms with Gasteiger partial charge in [-0.25, -0.2) is 0 Å². The fourth-order valence-corrected chi connectivity index (χ4v) is 0.721. The van der Waals surface area contributed by atoms with Gasteiger partial charge in [0.2, 0.25) is 0 Å². The largest absolute Gasteiger partial charge is 0.382 e. The van der Waals surface area contributed by atoms with E-state index in [4.69, 9.17) is 5.11 Å². The fourth-order valence-electron chi connectivity index (χ4n) is 0.240. The molecule has 0 amide bonds. The van der Waals surface area contributed by atoms with Gasteiger partial charge < -0.3 is 5.11 Å². The molecule has 0 aromatic heterocycles. The third-order valence-electron chi connectivity index (χ3n) is 0.337. The topological polar surface area (TPSA) is 37.3 Å². The predicted octanol–water partition coefficient (Wildman–Crippen LogP) is 0.604. The molecule has 0 aliphatic carbocycles. The Morgan fingerprint density at radius 1 is 1.86 bits per heavy atom. The quantitative estimate of drug-likeness (QED) is 0.515. The minimum absolute atomic E-state index is 0.0463. The van der Waals surface area contributed by atoms with Gasteiger partial charge in [0.25, 0.3) is 0 Å². The van der Waals surface area contributed by atoms with E-state index in [9.17, 15) is 4.79 Å². The second-order valence-electron chi connectivity index (χ2n) is 1.21. The second-order valence-corrected chi connectivity index (χ2v) is 2.70. The summed E-state index contributed by atoms with van der Waals surface area (Å²) in [6.07, 6.45) is 0. The van der Waals surface area contributed by atoms with E-state index in [1.807, 2.05) is 0 Å². The van der Waals surface area contributed by atoms with Crippen LogP contribution in [0, 0.1) is 0 Å². The fraction of sp³-hybridized carbons (Fsp3) is 0.750. The molecule has 0 aliphatic heterocycles. The molecule has 0 rings (SSSR count). The van der Waals surface area contributed by atoms with Crippen molar-refractivity contribution in [3.63, 3.8) is 0 Å². The van der Waals surface area contributed by atoms with Crippen molar-refractivity contribution in [2.75, 3.05) is 0 Å². The van der Waals surface area contributed by atoms with Crippen molar-refractivity contribution in [3.8, 4) is 0 Å². The van der Waals surface area contributed by atoms with Crippen molar-refractivity contribution in [1.29, 1.82) is 0 Å². The highest BCUT2D eigenvalue weighted by Crippen LogP contribution is 2.05. The molecule has 42 valence electrons. The van der Waals surface area contributed by atoms with Gasteiger partial charge in [0.1, 0.15) is 5.44 Å². The molecule has 0 aromatic carbocycles. The van der Waals surface area contributed by atoms with Crippen LogP contribution in [0.4, 0.5) is 0 Å². The van der Waals surface area contributed by atoms with Gasteiger partial charge in [-0.1, -0.05) is 11.8 Å². The van der Waals surface area contributed by atoms with Crippen molar-refractivity contribution < 1.29 is 9.90 Å². The maximum absolute atomic E-state index is 10.1. The number of hydrogen-bond acceptors (Lipinski definition) is 3. The molecule has 1 N–H and O–H groups in total. The highest BCUT2D eigenvalue weighted by Gasteiger charge is 1.97. The van der Waals surface area contributed by atoms with E-state index in [2.05, 4.69) is 0 Å². The van der Waals surface area contributed by atoms with E-state index in [0.717, 1.165) is 11.8 Å². The molecular weight excluding hydrogens is 112 g/mol. The van der Waals surface area contributed by atoms with E-state index in [0.29, 0.717) is 0 Å². The van der Waals surface area contributed by atoms with Crippen LogP contribution >= 0.6 is 11.8 Å². The molecule has 0 saturated carbocycles. The third-order valence-corrected chi connectivity index (χ3v) is 1.01. The molecule has 3 heteroatoms. The molecule has 0 heterocycles. The van der Waals surface area contributed by atoms with Crippen LogP contribution < -0.4 is 0 Å². The van der Waals surface area contributed by atoms with Gasteiger partial charge in [0.05, 0.1) is 0 Å². The normalized spacial score (nSPS) is 13.6. The summed E-state index contributed by atoms with van der Waals surface area (Å²) in [5.41, 5.74) is -0.558. The van der Waals surface area contributed by atoms with Crippen LogP contribution in [0.5, 0.6) is 0 Å². The van der Waals surface area contributed by atoms with Gasteiger partial charge in [-0.3, -0.25) is 4.79 Å². The minimum Gasteiger partial charge on any atom is -0.382 e. The highest BCUT2D eigenvalue weighted by atomic mass is 32.2. The summed E-state index contributed by atoms with van der Waals surface area (Å²) >= 11 is 0.926. The van der Waals surface area contributed by atoms with Crippen molar-refractivity contribution in [3.05, 3.63) is 0 Å². The first-order valence-corrected chi connectivity index (χ1v) is 2.86. The Hall–Kier alpha value is -0.0200. The molecule has 0 aromatic rings. The number of thioether (sulfide) groups is 1. The highest BCUT2D eigenvalue weighted by molar-refractivity contribution is 8.13. The molecule has 1 unspecified atom stereocenters. The molecular formula is C4H8O2S. The first kappa shape index (κ1) is 6.98. The lowest BCUT2D eigenvalue weighted by molar-refractivity contribution is -0.109. The Bertz CT molecular complexity index is 70.1. The average molecular weight is 120 g/mol. The average Bonchev–Trinajstić information content (AvgIpc) is 1.27. The van der Waals surface area contributed by atoms with Gasteiger partial charge in [-0.15, -0.1) is 0 Å². The van der Waals surface area contributed by atoms with Crippen molar-refractivity contribution in [1.82, 2.24) is 0 Å². The number of carbonyl (C=O) groups is 1. The van der Waals surface area contributed by atoms with Crippen LogP contribution in [0.25, 0.3) is 0 Å². The Balaban J connectivity index is 3.13. The van der Waals surface area contributed by atoms with Gasteiger partial charge in [-0.05, 0) is 6.92 Å². The van der Waals surface area contributed by atoms with Crippen molar-refractivity contribution >= 4 is 16.9 Å². The van der Waals surface area contributed by atoms with E-state index in [1.165, 1.54) is 6.92 Å². The van der Waals surface area contributed by atoms with Crippen LogP contribution in [-0.2, 0) is 4.79 Å². The summed E-state index contributed by atoms with van der Waals surface area (Å²) < 4.78 is 0. The summed E-state index contributed by atoms with van der Waals surface area (Å²) in [6.45, 7) is 2.99. The second kappa shape index (κ2) is 3.04. The zero-order valence-electron chi connectivity index (χ0n) is 4.34. The Labute approximate surface area is 46.9 Å². The first-order valence-electron chi connectivity index (χ1n) is 1.98. The lowest BCUT2D eigenvalue weighted by Crippen LogP contribution is -1.95. The molecule has 1 atom stereocenters. The smallest absolute Gasteiger partial charge is 0.188 e. The van der Waals surface area contributed by atoms with Crippen molar-refractivity contribution in [2.24, 2.45) is 0 Å². The molecule has 7 heavy (non-hydrogen) atoms. The number of aliphatic hydroxyl groups excluding tert-OH is 1. The molecule has 0 bridgehead atoms. The summed E-state index contributed by atoms with van der Waals surface area (Å²) in [6, 6.07) is 0. The Morgan fingerprint density at radius 3 is 2.29 bits per heavy atom. The summed E-state index contributed by atoms with van der Waals surface area (Å²) in [4.78, 5) is 10.1. The van der Waals surface area contributed by atoms with E-state index in [1.54, 1.807) is 6.92 Å². The van der Waals surface area contributed by atoms with Gasteiger partial charge in [0.15, 0.2) is 5.12 Å². The van der Waals surface area contributed by atoms with E-state index < -0.39 is 5.44 Å². The summed E-state index contributed by atoms with van der Waals surface area (Å²) in [5.74, 6) is 0. The minimum atomic E-state index is -0.558. The lowest BCUT2D eigenvalue weighted by Gasteiger charge is -1.94. The molecule has 0 aliphatic rings. The van der Waals surface area contributed by atoms with Gasteiger partial charge >= 0.3 is 0 Å². The Kier molecular flexibility index (Phi) is 3.04. The monoisotopic (exact) mass is 120 g/mol. The molecule has 0 radical (unpaired) electrons. The predicted molar refractivity (Wildman–Crippen MR) is 30.0 cm³/mol. The van der Waals surface area contributed by atoms with E-state index in [-0.39, 0.29) is 5.12 Å². The number of aliphatic hydroxyl groups is 1. The maximum Gasteiger partial charge on any atom is 0.188 e. The summed E-state index contributed by atoms with van der Waals surface area (Å²) in [7, 11) is 0. The molecule has 2 nitrogen and oxygen atoms in total. The SMILES string of the molecule is CC(=O)SC(C)O. The first-order chi connectivity index (χ1) is 3.13. The van der Waals surface area contributed by atoms with Crippen molar-refractivity contribution in [2.45, 2.75) is 19.3 Å². The third kappa shape index (κ3) is 5.98. The van der Waals surface area contributed by atoms with Gasteiger partial charge in [0, 0.05) is 6.92 Å². The van der Waals surface area contributed by atoms with Crippen LogP contribution in [0.15, 0.2) is 0 Å². The standard InChI is InChI=1S/C4H8O2S/c1-3(5)7-4(2)6/h3,5H,1-2H3. The van der Waals surface area contributed by atoms with Crippen LogP contribution in [0.2, 0.25) is 0 Å². The number of hydrogen-bond donors (Lipinski definition) is 1. The number of carbonyl (C=O) groups excluding carboxylic acids is 1. The van der Waals surface area contributed by atoms with Crippen LogP contribution in [0.3, 0.4) is 0 Å². The number of rotatable bonds is 1. The molecule has 0 spiro atoms. The lowest BCUT2D eigenvalue weighted by atomic mass is 10.9. The Morgan fingerprint density at radius 2 is 2.29 bits per heavy atom. The zero-order chi connectivity index (χ0) is 5.86. The molecule has 0 saturated heterocycles. The van der Waals surface area contributed by atoms with Gasteiger partial charge in [-0.2, -0.15) is 0 Å². The summed E-state index contributed by atoms with van der Waals surface area (Å²) in [5, 5.41) is 8.42. The molecule has 0 fully saturated rings. The van der Waals surface area contributed by atoms with E-state index >= 15 is 0 Å². The zero-order valence-corrected chi connectivity index (χ0v) is 5.16.